The van der Waals surface area contributed by atoms with Crippen molar-refractivity contribution in [1.29, 1.82) is 0 Å². The summed E-state index contributed by atoms with van der Waals surface area (Å²) in [6.07, 6.45) is -1.60. The van der Waals surface area contributed by atoms with E-state index in [-0.39, 0.29) is 12.8 Å². The summed E-state index contributed by atoms with van der Waals surface area (Å²) < 4.78 is 22.4. The van der Waals surface area contributed by atoms with Crippen molar-refractivity contribution < 1.29 is 48.3 Å². The summed E-state index contributed by atoms with van der Waals surface area (Å²) in [5, 5.41) is 23.2. The van der Waals surface area contributed by atoms with Gasteiger partial charge in [-0.05, 0) is 32.8 Å². The molecule has 2 N–H and O–H groups in total. The van der Waals surface area contributed by atoms with Gasteiger partial charge in [0.2, 0.25) is 0 Å². The van der Waals surface area contributed by atoms with Crippen molar-refractivity contribution >= 4 is 35.5 Å². The van der Waals surface area contributed by atoms with Crippen molar-refractivity contribution in [2.24, 2.45) is 17.3 Å². The van der Waals surface area contributed by atoms with E-state index in [1.165, 1.54) is 33.8 Å². The maximum absolute atomic E-state index is 12.8. The Labute approximate surface area is 220 Å². The predicted molar refractivity (Wildman–Crippen MR) is 130 cm³/mol. The Hall–Kier alpha value is -2.43. The molecule has 10 nitrogen and oxygen atoms in total. The van der Waals surface area contributed by atoms with E-state index in [4.69, 9.17) is 30.5 Å². The molecule has 2 fully saturated rings. The molecule has 10 atom stereocenters. The zero-order valence-electron chi connectivity index (χ0n) is 21.9. The Morgan fingerprint density at radius 3 is 2.19 bits per heavy atom. The van der Waals surface area contributed by atoms with Crippen LogP contribution in [0.1, 0.15) is 54.4 Å². The molecule has 0 aromatic heterocycles. The summed E-state index contributed by atoms with van der Waals surface area (Å²) in [7, 11) is 0. The number of fused-ring (bicyclic) bond motifs is 2. The Bertz CT molecular complexity index is 1020. The Morgan fingerprint density at radius 2 is 1.65 bits per heavy atom. The van der Waals surface area contributed by atoms with Crippen LogP contribution < -0.4 is 0 Å². The zero-order chi connectivity index (χ0) is 28.1. The van der Waals surface area contributed by atoms with Gasteiger partial charge < -0.3 is 29.2 Å². The minimum absolute atomic E-state index is 0.203. The second kappa shape index (κ2) is 10.0. The van der Waals surface area contributed by atoms with Gasteiger partial charge in [-0.1, -0.05) is 25.2 Å². The molecule has 0 spiro atoms. The van der Waals surface area contributed by atoms with E-state index >= 15 is 0 Å². The molecule has 0 aromatic rings. The van der Waals surface area contributed by atoms with Gasteiger partial charge in [0.1, 0.15) is 23.9 Å². The van der Waals surface area contributed by atoms with Crippen LogP contribution in [0, 0.1) is 17.3 Å². The van der Waals surface area contributed by atoms with Gasteiger partial charge in [-0.15, -0.1) is 11.6 Å². The normalized spacial score (nSPS) is 43.6. The number of carbonyl (C=O) groups excluding carboxylic acids is 4. The number of hydrogen-bond donors (Lipinski definition) is 2. The van der Waals surface area contributed by atoms with Gasteiger partial charge in [-0.3, -0.25) is 19.2 Å². The first-order valence-corrected chi connectivity index (χ1v) is 12.6. The summed E-state index contributed by atoms with van der Waals surface area (Å²) in [6, 6.07) is 0. The molecular formula is C26H35ClO10. The van der Waals surface area contributed by atoms with Gasteiger partial charge in [-0.25, -0.2) is 0 Å². The van der Waals surface area contributed by atoms with E-state index in [0.29, 0.717) is 5.57 Å². The van der Waals surface area contributed by atoms with Gasteiger partial charge >= 0.3 is 23.9 Å². The highest BCUT2D eigenvalue weighted by Crippen LogP contribution is 2.56. The number of carbonyl (C=O) groups is 4. The van der Waals surface area contributed by atoms with Crippen LogP contribution in [0.15, 0.2) is 24.3 Å². The molecule has 0 radical (unpaired) electrons. The standard InChI is InChI=1S/C26H35ClO10/c1-12-8-9-17(34-14(3)28)24(6)11-10-18(35-15(4)29)25(7,32)20(24)22(36-16(5)30)26(33)13(2)23(31)37-21(26)19(12)27/h10-11,13,17-22,32-33H,1,8-9H2,2-7H3/t13-,17-,18+,19-,20+,21-,22-,24+,25+,26-/m0/s1. The van der Waals surface area contributed by atoms with Gasteiger partial charge in [0.05, 0.1) is 11.3 Å². The Balaban J connectivity index is 2.38. The number of alkyl halides is 1. The number of ether oxygens (including phenoxy) is 4. The Morgan fingerprint density at radius 1 is 1.08 bits per heavy atom. The molecule has 3 aliphatic rings. The monoisotopic (exact) mass is 542 g/mol. The van der Waals surface area contributed by atoms with Crippen molar-refractivity contribution in [3.05, 3.63) is 24.3 Å². The first kappa shape index (κ1) is 29.1. The van der Waals surface area contributed by atoms with Gasteiger partial charge in [0.25, 0.3) is 0 Å². The number of hydrogen-bond acceptors (Lipinski definition) is 10. The third kappa shape index (κ3) is 4.91. The molecule has 2 aliphatic carbocycles. The summed E-state index contributed by atoms with van der Waals surface area (Å²) in [4.78, 5) is 49.3. The molecule has 0 aromatic carbocycles. The maximum Gasteiger partial charge on any atom is 0.312 e. The van der Waals surface area contributed by atoms with Crippen molar-refractivity contribution in [2.75, 3.05) is 0 Å². The molecule has 0 unspecified atom stereocenters. The minimum atomic E-state index is -2.24. The topological polar surface area (TPSA) is 146 Å². The molecule has 3 rings (SSSR count). The molecule has 0 bridgehead atoms. The van der Waals surface area contributed by atoms with Crippen LogP contribution >= 0.6 is 11.6 Å². The van der Waals surface area contributed by atoms with Crippen LogP contribution in [-0.2, 0) is 38.1 Å². The predicted octanol–water partition coefficient (Wildman–Crippen LogP) is 1.97. The average Bonchev–Trinajstić information content (AvgIpc) is 3.00. The van der Waals surface area contributed by atoms with Gasteiger partial charge in [-0.2, -0.15) is 0 Å². The lowest BCUT2D eigenvalue weighted by molar-refractivity contribution is -0.245. The number of rotatable bonds is 3. The number of esters is 4. The minimum Gasteiger partial charge on any atom is -0.462 e. The zero-order valence-corrected chi connectivity index (χ0v) is 22.6. The van der Waals surface area contributed by atoms with Crippen molar-refractivity contribution in [1.82, 2.24) is 0 Å². The molecule has 37 heavy (non-hydrogen) atoms. The molecule has 0 amide bonds. The summed E-state index contributed by atoms with van der Waals surface area (Å²) in [5.74, 6) is -5.38. The lowest BCUT2D eigenvalue weighted by Crippen LogP contribution is -2.70. The third-order valence-corrected chi connectivity index (χ3v) is 8.52. The van der Waals surface area contributed by atoms with Crippen molar-refractivity contribution in [2.45, 2.75) is 95.4 Å². The Kier molecular flexibility index (Phi) is 7.90. The van der Waals surface area contributed by atoms with Crippen LogP contribution in [0.2, 0.25) is 0 Å². The average molecular weight is 543 g/mol. The van der Waals surface area contributed by atoms with Crippen LogP contribution in [-0.4, -0.2) is 75.1 Å². The van der Waals surface area contributed by atoms with Crippen molar-refractivity contribution in [3.8, 4) is 0 Å². The molecule has 1 saturated heterocycles. The fraction of sp³-hybridized carbons (Fsp3) is 0.692. The number of halogens is 1. The van der Waals surface area contributed by atoms with E-state index in [1.54, 1.807) is 13.0 Å². The first-order chi connectivity index (χ1) is 17.0. The highest BCUT2D eigenvalue weighted by molar-refractivity contribution is 6.23. The van der Waals surface area contributed by atoms with E-state index in [9.17, 15) is 29.4 Å². The molecular weight excluding hydrogens is 508 g/mol. The van der Waals surface area contributed by atoms with E-state index < -0.39 is 82.1 Å². The van der Waals surface area contributed by atoms with Gasteiger partial charge in [0.15, 0.2) is 11.7 Å². The molecule has 206 valence electrons. The van der Waals surface area contributed by atoms with E-state index in [1.807, 2.05) is 0 Å². The molecule has 11 heteroatoms. The molecule has 1 aliphatic heterocycles. The largest absolute Gasteiger partial charge is 0.462 e. The molecule has 1 heterocycles. The summed E-state index contributed by atoms with van der Waals surface area (Å²) in [6.45, 7) is 12.0. The highest BCUT2D eigenvalue weighted by Gasteiger charge is 2.70. The van der Waals surface area contributed by atoms with Crippen molar-refractivity contribution in [3.63, 3.8) is 0 Å². The second-order valence-electron chi connectivity index (χ2n) is 10.7. The van der Waals surface area contributed by atoms with E-state index in [0.717, 1.165) is 6.92 Å². The molecule has 1 saturated carbocycles. The fourth-order valence-electron chi connectivity index (χ4n) is 6.11. The number of aliphatic hydroxyl groups is 2. The SMILES string of the molecule is C=C1CC[C@H](OC(C)=O)[C@@]2(C)C=C[C@@H](OC(C)=O)[C@@](C)(O)[C@@H]2[C@H](OC(C)=O)[C@]2(O)[C@@H](C)C(=O)O[C@H]2[C@H]1Cl. The van der Waals surface area contributed by atoms with Crippen LogP contribution in [0.25, 0.3) is 0 Å². The van der Waals surface area contributed by atoms with Crippen LogP contribution in [0.5, 0.6) is 0 Å². The lowest BCUT2D eigenvalue weighted by atomic mass is 9.54. The smallest absolute Gasteiger partial charge is 0.312 e. The van der Waals surface area contributed by atoms with E-state index in [2.05, 4.69) is 6.58 Å². The lowest BCUT2D eigenvalue weighted by Gasteiger charge is -2.57. The van der Waals surface area contributed by atoms with Crippen LogP contribution in [0.3, 0.4) is 0 Å². The quantitative estimate of drug-likeness (QED) is 0.235. The maximum atomic E-state index is 12.8. The van der Waals surface area contributed by atoms with Gasteiger partial charge in [0, 0.05) is 32.1 Å². The highest BCUT2D eigenvalue weighted by atomic mass is 35.5. The summed E-state index contributed by atoms with van der Waals surface area (Å²) in [5.41, 5.74) is -5.11. The first-order valence-electron chi connectivity index (χ1n) is 12.2. The summed E-state index contributed by atoms with van der Waals surface area (Å²) >= 11 is 6.69. The second-order valence-corrected chi connectivity index (χ2v) is 11.1. The van der Waals surface area contributed by atoms with Crippen LogP contribution in [0.4, 0.5) is 0 Å². The third-order valence-electron chi connectivity index (χ3n) is 7.98. The fourth-order valence-corrected chi connectivity index (χ4v) is 6.47.